The van der Waals surface area contributed by atoms with Gasteiger partial charge in [-0.05, 0) is 11.6 Å². The van der Waals surface area contributed by atoms with Crippen LogP contribution in [0.2, 0.25) is 0 Å². The number of hydrazine groups is 1. The van der Waals surface area contributed by atoms with Crippen molar-refractivity contribution in [1.29, 1.82) is 0 Å². The molecule has 1 aromatic rings. The zero-order valence-corrected chi connectivity index (χ0v) is 8.22. The third-order valence-electron chi connectivity index (χ3n) is 2.17. The predicted molar refractivity (Wildman–Crippen MR) is 54.0 cm³/mol. The molecule has 0 radical (unpaired) electrons. The molecular weight excluding hydrogens is 164 g/mol. The Bertz CT molecular complexity index is 228. The van der Waals surface area contributed by atoms with E-state index >= 15 is 0 Å². The van der Waals surface area contributed by atoms with Crippen LogP contribution in [0.1, 0.15) is 19.4 Å². The Hall–Kier alpha value is -0.840. The normalized spacial score (nSPS) is 11.9. The Kier molecular flexibility index (Phi) is 3.48. The molecule has 0 bridgehead atoms. The van der Waals surface area contributed by atoms with E-state index in [9.17, 15) is 0 Å². The van der Waals surface area contributed by atoms with Crippen LogP contribution < -0.4 is 16.6 Å². The number of aromatic amines is 1. The first kappa shape index (κ1) is 10.2. The molecule has 5 N–H and O–H groups in total. The zero-order chi connectivity index (χ0) is 9.73. The average molecular weight is 182 g/mol. The minimum absolute atomic E-state index is 0.136. The molecule has 0 saturated carbocycles. The lowest BCUT2D eigenvalue weighted by atomic mass is 9.86. The summed E-state index contributed by atoms with van der Waals surface area (Å²) >= 11 is 0. The number of aromatic nitrogens is 1. The lowest BCUT2D eigenvalue weighted by molar-refractivity contribution is 0.455. The molecule has 1 rings (SSSR count). The smallest absolute Gasteiger partial charge is 0.0587 e. The van der Waals surface area contributed by atoms with Crippen LogP contribution in [0.4, 0.5) is 0 Å². The Morgan fingerprint density at radius 1 is 1.54 bits per heavy atom. The second kappa shape index (κ2) is 4.41. The van der Waals surface area contributed by atoms with Gasteiger partial charge in [-0.25, -0.2) is 5.43 Å². The largest absolute Gasteiger partial charge is 0.367 e. The van der Waals surface area contributed by atoms with Crippen LogP contribution >= 0.6 is 0 Å². The lowest BCUT2D eigenvalue weighted by Crippen LogP contribution is -2.40. The topological polar surface area (TPSA) is 65.9 Å². The van der Waals surface area contributed by atoms with Crippen molar-refractivity contribution in [3.8, 4) is 0 Å². The molecule has 0 aliphatic rings. The van der Waals surface area contributed by atoms with Crippen molar-refractivity contribution >= 4 is 0 Å². The van der Waals surface area contributed by atoms with E-state index in [2.05, 4.69) is 35.6 Å². The van der Waals surface area contributed by atoms with Gasteiger partial charge in [-0.15, -0.1) is 0 Å². The van der Waals surface area contributed by atoms with Crippen molar-refractivity contribution in [2.75, 3.05) is 13.2 Å². The molecule has 0 aliphatic heterocycles. The molecule has 4 nitrogen and oxygen atoms in total. The second-order valence-electron chi connectivity index (χ2n) is 3.79. The fraction of sp³-hybridized carbons (Fsp3) is 0.556. The first-order chi connectivity index (χ1) is 6.17. The van der Waals surface area contributed by atoms with Gasteiger partial charge < -0.3 is 10.3 Å². The average Bonchev–Trinajstić information content (AvgIpc) is 2.56. The monoisotopic (exact) mass is 182 g/mol. The highest BCUT2D eigenvalue weighted by Gasteiger charge is 2.19. The summed E-state index contributed by atoms with van der Waals surface area (Å²) in [4.78, 5) is 3.06. The number of H-pyrrole nitrogens is 1. The molecule has 1 heterocycles. The van der Waals surface area contributed by atoms with Crippen molar-refractivity contribution < 1.29 is 0 Å². The highest BCUT2D eigenvalue weighted by Crippen LogP contribution is 2.20. The van der Waals surface area contributed by atoms with Crippen LogP contribution in [0.15, 0.2) is 18.5 Å². The molecular formula is C9H18N4. The molecule has 74 valence electrons. The molecule has 0 fully saturated rings. The summed E-state index contributed by atoms with van der Waals surface area (Å²) in [5.74, 6) is 5.16. The van der Waals surface area contributed by atoms with Gasteiger partial charge in [0.15, 0.2) is 0 Å². The number of hydrogen-bond acceptors (Lipinski definition) is 3. The van der Waals surface area contributed by atoms with E-state index in [1.807, 2.05) is 12.4 Å². The molecule has 0 aromatic carbocycles. The van der Waals surface area contributed by atoms with Gasteiger partial charge in [-0.1, -0.05) is 13.8 Å². The quantitative estimate of drug-likeness (QED) is 0.229. The highest BCUT2D eigenvalue weighted by molar-refractivity contribution is 5.20. The Labute approximate surface area is 78.9 Å². The Morgan fingerprint density at radius 2 is 2.31 bits per heavy atom. The summed E-state index contributed by atoms with van der Waals surface area (Å²) in [6.45, 7) is 5.92. The number of nitrogens with two attached hydrogens (primary N) is 1. The zero-order valence-electron chi connectivity index (χ0n) is 8.22. The van der Waals surface area contributed by atoms with Crippen molar-refractivity contribution in [2.45, 2.75) is 19.3 Å². The van der Waals surface area contributed by atoms with Crippen molar-refractivity contribution in [3.05, 3.63) is 24.0 Å². The molecule has 0 saturated heterocycles. The first-order valence-electron chi connectivity index (χ1n) is 4.44. The maximum atomic E-state index is 5.16. The third-order valence-corrected chi connectivity index (χ3v) is 2.17. The maximum Gasteiger partial charge on any atom is 0.0587 e. The summed E-state index contributed by atoms with van der Waals surface area (Å²) < 4.78 is 0. The molecule has 0 amide bonds. The fourth-order valence-corrected chi connectivity index (χ4v) is 1.29. The third kappa shape index (κ3) is 2.84. The van der Waals surface area contributed by atoms with Gasteiger partial charge in [0, 0.05) is 24.4 Å². The van der Waals surface area contributed by atoms with E-state index in [0.717, 1.165) is 6.54 Å². The lowest BCUT2D eigenvalue weighted by Gasteiger charge is -2.24. The molecule has 4 heteroatoms. The summed E-state index contributed by atoms with van der Waals surface area (Å²) in [6.07, 6.45) is 3.97. The van der Waals surface area contributed by atoms with Crippen LogP contribution in [0.25, 0.3) is 0 Å². The van der Waals surface area contributed by atoms with E-state index in [1.54, 1.807) is 0 Å². The van der Waals surface area contributed by atoms with Gasteiger partial charge in [-0.3, -0.25) is 5.84 Å². The van der Waals surface area contributed by atoms with Crippen LogP contribution in [-0.2, 0) is 5.41 Å². The van der Waals surface area contributed by atoms with Crippen molar-refractivity contribution in [2.24, 2.45) is 5.84 Å². The summed E-state index contributed by atoms with van der Waals surface area (Å²) in [5, 5.41) is 3.21. The van der Waals surface area contributed by atoms with Gasteiger partial charge in [0.25, 0.3) is 0 Å². The molecule has 0 atom stereocenters. The molecule has 13 heavy (non-hydrogen) atoms. The second-order valence-corrected chi connectivity index (χ2v) is 3.79. The Balaban J connectivity index is 2.46. The fourth-order valence-electron chi connectivity index (χ4n) is 1.29. The number of hydrogen-bond donors (Lipinski definition) is 4. The van der Waals surface area contributed by atoms with Crippen molar-refractivity contribution in [1.82, 2.24) is 15.7 Å². The van der Waals surface area contributed by atoms with E-state index in [0.29, 0.717) is 6.67 Å². The first-order valence-corrected chi connectivity index (χ1v) is 4.44. The van der Waals surface area contributed by atoms with Gasteiger partial charge in [-0.2, -0.15) is 0 Å². The highest BCUT2D eigenvalue weighted by atomic mass is 15.3. The van der Waals surface area contributed by atoms with Gasteiger partial charge in [0.1, 0.15) is 0 Å². The summed E-state index contributed by atoms with van der Waals surface area (Å²) in [5.41, 5.74) is 4.01. The molecule has 0 aliphatic carbocycles. The molecule has 0 spiro atoms. The van der Waals surface area contributed by atoms with Gasteiger partial charge >= 0.3 is 0 Å². The van der Waals surface area contributed by atoms with Crippen molar-refractivity contribution in [3.63, 3.8) is 0 Å². The van der Waals surface area contributed by atoms with Crippen LogP contribution in [0.5, 0.6) is 0 Å². The SMILES string of the molecule is CC(C)(CNCNN)c1cc[nH]c1. The molecule has 0 unspecified atom stereocenters. The summed E-state index contributed by atoms with van der Waals surface area (Å²) in [7, 11) is 0. The summed E-state index contributed by atoms with van der Waals surface area (Å²) in [6, 6.07) is 2.09. The van der Waals surface area contributed by atoms with Crippen LogP contribution in [0.3, 0.4) is 0 Å². The van der Waals surface area contributed by atoms with E-state index in [4.69, 9.17) is 5.84 Å². The van der Waals surface area contributed by atoms with Gasteiger partial charge in [0.2, 0.25) is 0 Å². The minimum atomic E-state index is 0.136. The minimum Gasteiger partial charge on any atom is -0.367 e. The molecule has 1 aromatic heterocycles. The maximum absolute atomic E-state index is 5.16. The standard InChI is InChI=1S/C9H18N4/c1-9(2,6-12-7-13-10)8-3-4-11-5-8/h3-5,11-13H,6-7,10H2,1-2H3. The van der Waals surface area contributed by atoms with E-state index < -0.39 is 0 Å². The Morgan fingerprint density at radius 3 is 2.85 bits per heavy atom. The van der Waals surface area contributed by atoms with E-state index in [-0.39, 0.29) is 5.41 Å². The number of rotatable bonds is 5. The number of nitrogens with one attached hydrogen (secondary N) is 3. The van der Waals surface area contributed by atoms with Gasteiger partial charge in [0.05, 0.1) is 6.67 Å². The van der Waals surface area contributed by atoms with Crippen LogP contribution in [0, 0.1) is 0 Å². The van der Waals surface area contributed by atoms with E-state index in [1.165, 1.54) is 5.56 Å². The van der Waals surface area contributed by atoms with Crippen LogP contribution in [-0.4, -0.2) is 18.2 Å². The predicted octanol–water partition coefficient (Wildman–Crippen LogP) is 0.303.